The van der Waals surface area contributed by atoms with Crippen LogP contribution in [-0.2, 0) is 9.53 Å². The van der Waals surface area contributed by atoms with E-state index in [2.05, 4.69) is 15.6 Å². The van der Waals surface area contributed by atoms with E-state index >= 15 is 0 Å². The lowest BCUT2D eigenvalue weighted by Gasteiger charge is -2.22. The number of hydrogen-bond donors (Lipinski definition) is 3. The Hall–Kier alpha value is -0.570. The Kier molecular flexibility index (Phi) is 10.8. The van der Waals surface area contributed by atoms with Crippen molar-refractivity contribution in [1.29, 1.82) is 0 Å². The van der Waals surface area contributed by atoms with E-state index in [-0.39, 0.29) is 48.4 Å². The monoisotopic (exact) mass is 398 g/mol. The predicted octanol–water partition coefficient (Wildman–Crippen LogP) is 0.992. The third-order valence-electron chi connectivity index (χ3n) is 3.17. The van der Waals surface area contributed by atoms with Crippen LogP contribution in [0, 0.1) is 0 Å². The normalized spacial score (nSPS) is 18.0. The van der Waals surface area contributed by atoms with Gasteiger partial charge < -0.3 is 21.1 Å². The van der Waals surface area contributed by atoms with Crippen LogP contribution in [0.5, 0.6) is 0 Å². The van der Waals surface area contributed by atoms with Gasteiger partial charge in [0.2, 0.25) is 5.91 Å². The third kappa shape index (κ3) is 8.57. The fourth-order valence-corrected chi connectivity index (χ4v) is 2.27. The van der Waals surface area contributed by atoms with Gasteiger partial charge in [-0.2, -0.15) is 0 Å². The zero-order valence-corrected chi connectivity index (χ0v) is 14.7. The highest BCUT2D eigenvalue weighted by Crippen LogP contribution is 2.17. The molecule has 0 aromatic heterocycles. The van der Waals surface area contributed by atoms with Crippen LogP contribution in [0.1, 0.15) is 39.0 Å². The van der Waals surface area contributed by atoms with E-state index in [1.807, 2.05) is 6.92 Å². The minimum Gasteiger partial charge on any atom is -0.383 e. The fourth-order valence-electron chi connectivity index (χ4n) is 2.27. The quantitative estimate of drug-likeness (QED) is 0.354. The largest absolute Gasteiger partial charge is 0.383 e. The molecule has 0 heterocycles. The number of methoxy groups -OCH3 is 1. The third-order valence-corrected chi connectivity index (χ3v) is 3.17. The van der Waals surface area contributed by atoms with Gasteiger partial charge in [0, 0.05) is 19.2 Å². The molecule has 0 spiro atoms. The standard InChI is InChI=1S/C13H26N4O2.HI/c1-10(9-19-2)16-13(14)15-8-12(18)17-11-6-4-3-5-7-11;/h10-11H,3-9H2,1-2H3,(H,17,18)(H3,14,15,16);1H. The number of rotatable bonds is 6. The summed E-state index contributed by atoms with van der Waals surface area (Å²) in [6, 6.07) is 0.396. The molecule has 1 aliphatic rings. The van der Waals surface area contributed by atoms with E-state index in [4.69, 9.17) is 10.5 Å². The Morgan fingerprint density at radius 3 is 2.65 bits per heavy atom. The number of nitrogens with two attached hydrogens (primary N) is 1. The van der Waals surface area contributed by atoms with Crippen molar-refractivity contribution in [1.82, 2.24) is 10.6 Å². The van der Waals surface area contributed by atoms with Gasteiger partial charge in [0.25, 0.3) is 0 Å². The molecule has 1 atom stereocenters. The van der Waals surface area contributed by atoms with Gasteiger partial charge in [0.1, 0.15) is 6.54 Å². The van der Waals surface area contributed by atoms with Crippen LogP contribution in [0.3, 0.4) is 0 Å². The van der Waals surface area contributed by atoms with Gasteiger partial charge in [-0.15, -0.1) is 24.0 Å². The van der Waals surface area contributed by atoms with Gasteiger partial charge in [-0.3, -0.25) is 4.79 Å². The second kappa shape index (κ2) is 11.1. The first-order chi connectivity index (χ1) is 9.11. The van der Waals surface area contributed by atoms with Crippen LogP contribution in [0.4, 0.5) is 0 Å². The summed E-state index contributed by atoms with van der Waals surface area (Å²) < 4.78 is 4.98. The maximum Gasteiger partial charge on any atom is 0.242 e. The molecule has 6 nitrogen and oxygen atoms in total. The van der Waals surface area contributed by atoms with Crippen molar-refractivity contribution in [2.24, 2.45) is 10.7 Å². The lowest BCUT2D eigenvalue weighted by atomic mass is 9.95. The van der Waals surface area contributed by atoms with Gasteiger partial charge in [-0.1, -0.05) is 19.3 Å². The minimum absolute atomic E-state index is 0. The first-order valence-corrected chi connectivity index (χ1v) is 6.96. The predicted molar refractivity (Wildman–Crippen MR) is 91.4 cm³/mol. The zero-order chi connectivity index (χ0) is 14.1. The van der Waals surface area contributed by atoms with E-state index in [0.717, 1.165) is 12.8 Å². The zero-order valence-electron chi connectivity index (χ0n) is 12.4. The first-order valence-electron chi connectivity index (χ1n) is 6.96. The molecule has 0 aliphatic heterocycles. The number of carbonyl (C=O) groups excluding carboxylic acids is 1. The molecular formula is C13H27IN4O2. The second-order valence-corrected chi connectivity index (χ2v) is 5.10. The number of guanidine groups is 1. The van der Waals surface area contributed by atoms with Crippen LogP contribution >= 0.6 is 24.0 Å². The van der Waals surface area contributed by atoms with Crippen LogP contribution in [0.25, 0.3) is 0 Å². The second-order valence-electron chi connectivity index (χ2n) is 5.10. The lowest BCUT2D eigenvalue weighted by Crippen LogP contribution is -2.42. The van der Waals surface area contributed by atoms with Crippen molar-refractivity contribution < 1.29 is 9.53 Å². The maximum atomic E-state index is 11.7. The Labute approximate surface area is 138 Å². The highest BCUT2D eigenvalue weighted by atomic mass is 127. The minimum atomic E-state index is -0.0592. The number of carbonyl (C=O) groups is 1. The van der Waals surface area contributed by atoms with Crippen molar-refractivity contribution >= 4 is 35.8 Å². The van der Waals surface area contributed by atoms with E-state index in [1.54, 1.807) is 7.11 Å². The van der Waals surface area contributed by atoms with Gasteiger partial charge in [0.15, 0.2) is 5.96 Å². The lowest BCUT2D eigenvalue weighted by molar-refractivity contribution is -0.120. The summed E-state index contributed by atoms with van der Waals surface area (Å²) in [6.45, 7) is 2.56. The molecule has 1 aliphatic carbocycles. The maximum absolute atomic E-state index is 11.7. The summed E-state index contributed by atoms with van der Waals surface area (Å²) in [5, 5.41) is 5.96. The topological polar surface area (TPSA) is 88.7 Å². The molecule has 1 amide bonds. The van der Waals surface area contributed by atoms with Crippen molar-refractivity contribution in [3.05, 3.63) is 0 Å². The summed E-state index contributed by atoms with van der Waals surface area (Å²) in [7, 11) is 1.63. The average molecular weight is 398 g/mol. The summed E-state index contributed by atoms with van der Waals surface area (Å²) in [5.41, 5.74) is 5.69. The van der Waals surface area contributed by atoms with E-state index in [0.29, 0.717) is 12.6 Å². The van der Waals surface area contributed by atoms with Crippen LogP contribution in [0.2, 0.25) is 0 Å². The Morgan fingerprint density at radius 2 is 2.05 bits per heavy atom. The Bertz CT molecular complexity index is 307. The van der Waals surface area contributed by atoms with Gasteiger partial charge >= 0.3 is 0 Å². The molecule has 1 fully saturated rings. The number of aliphatic imine (C=N–C) groups is 1. The highest BCUT2D eigenvalue weighted by Gasteiger charge is 2.15. The number of nitrogens with one attached hydrogen (secondary N) is 2. The Balaban J connectivity index is 0.00000361. The van der Waals surface area contributed by atoms with Gasteiger partial charge in [0.05, 0.1) is 6.61 Å². The van der Waals surface area contributed by atoms with E-state index in [1.165, 1.54) is 19.3 Å². The smallest absolute Gasteiger partial charge is 0.242 e. The molecule has 4 N–H and O–H groups in total. The number of halogens is 1. The van der Waals surface area contributed by atoms with E-state index < -0.39 is 0 Å². The average Bonchev–Trinajstić information content (AvgIpc) is 2.38. The molecule has 0 aromatic carbocycles. The molecule has 1 rings (SSSR count). The first kappa shape index (κ1) is 19.4. The molecule has 0 bridgehead atoms. The summed E-state index contributed by atoms with van der Waals surface area (Å²) in [5.74, 6) is 0.222. The Morgan fingerprint density at radius 1 is 1.40 bits per heavy atom. The molecule has 1 unspecified atom stereocenters. The van der Waals surface area contributed by atoms with Crippen LogP contribution in [0.15, 0.2) is 4.99 Å². The molecule has 118 valence electrons. The van der Waals surface area contributed by atoms with E-state index in [9.17, 15) is 4.79 Å². The van der Waals surface area contributed by atoms with Gasteiger partial charge in [-0.25, -0.2) is 4.99 Å². The number of nitrogens with zero attached hydrogens (tertiary/aromatic N) is 1. The fraction of sp³-hybridized carbons (Fsp3) is 0.846. The van der Waals surface area contributed by atoms with Crippen molar-refractivity contribution in [2.45, 2.75) is 51.1 Å². The summed E-state index contributed by atoms with van der Waals surface area (Å²) >= 11 is 0. The SMILES string of the molecule is COCC(C)NC(N)=NCC(=O)NC1CCCCC1.I. The summed E-state index contributed by atoms with van der Waals surface area (Å²) in [4.78, 5) is 15.7. The number of amides is 1. The molecule has 20 heavy (non-hydrogen) atoms. The molecular weight excluding hydrogens is 371 g/mol. The number of hydrogen-bond acceptors (Lipinski definition) is 3. The van der Waals surface area contributed by atoms with Crippen molar-refractivity contribution in [3.63, 3.8) is 0 Å². The number of ether oxygens (including phenoxy) is 1. The molecule has 0 aromatic rings. The van der Waals surface area contributed by atoms with Crippen molar-refractivity contribution in [2.75, 3.05) is 20.3 Å². The van der Waals surface area contributed by atoms with Crippen molar-refractivity contribution in [3.8, 4) is 0 Å². The van der Waals surface area contributed by atoms with Gasteiger partial charge in [-0.05, 0) is 19.8 Å². The van der Waals surface area contributed by atoms with Crippen LogP contribution in [-0.4, -0.2) is 44.2 Å². The molecule has 7 heteroatoms. The highest BCUT2D eigenvalue weighted by molar-refractivity contribution is 14.0. The molecule has 1 saturated carbocycles. The van der Waals surface area contributed by atoms with Crippen LogP contribution < -0.4 is 16.4 Å². The molecule has 0 radical (unpaired) electrons. The summed E-state index contributed by atoms with van der Waals surface area (Å²) in [6.07, 6.45) is 5.83. The molecule has 0 saturated heterocycles.